The van der Waals surface area contributed by atoms with Gasteiger partial charge >= 0.3 is 0 Å². The van der Waals surface area contributed by atoms with Crippen molar-refractivity contribution < 1.29 is 4.79 Å². The molecule has 1 amide bonds. The maximum atomic E-state index is 12.8. The molecule has 5 nitrogen and oxygen atoms in total. The Morgan fingerprint density at radius 3 is 2.41 bits per heavy atom. The molecule has 0 atom stereocenters. The summed E-state index contributed by atoms with van der Waals surface area (Å²) in [4.78, 5) is 21.5. The maximum Gasteiger partial charge on any atom is 0.230 e. The first-order valence-corrected chi connectivity index (χ1v) is 8.27. The lowest BCUT2D eigenvalue weighted by Crippen LogP contribution is -2.54. The standard InChI is InChI=1S/C17H28N4O/c1-3-17(4-2,14-18)16(22)21-11-9-20(10-12-21)13-15-7-5-6-8-19-15/h5-8H,3-4,9-14,18H2,1-2H3. The third kappa shape index (κ3) is 3.65. The first-order valence-electron chi connectivity index (χ1n) is 8.27. The van der Waals surface area contributed by atoms with Gasteiger partial charge in [-0.3, -0.25) is 14.7 Å². The van der Waals surface area contributed by atoms with Gasteiger partial charge in [0.15, 0.2) is 0 Å². The number of rotatable bonds is 6. The predicted octanol–water partition coefficient (Wildman–Crippen LogP) is 1.49. The molecular formula is C17H28N4O. The van der Waals surface area contributed by atoms with Gasteiger partial charge in [0.1, 0.15) is 0 Å². The monoisotopic (exact) mass is 304 g/mol. The zero-order valence-electron chi connectivity index (χ0n) is 13.8. The minimum Gasteiger partial charge on any atom is -0.340 e. The minimum absolute atomic E-state index is 0.234. The second-order valence-electron chi connectivity index (χ2n) is 6.08. The van der Waals surface area contributed by atoms with Gasteiger partial charge in [-0.25, -0.2) is 0 Å². The van der Waals surface area contributed by atoms with Crippen molar-refractivity contribution in [3.8, 4) is 0 Å². The highest BCUT2D eigenvalue weighted by Gasteiger charge is 2.37. The molecule has 1 aliphatic rings. The molecule has 0 spiro atoms. The van der Waals surface area contributed by atoms with Crippen molar-refractivity contribution >= 4 is 5.91 Å². The Kier molecular flexibility index (Phi) is 5.91. The molecule has 0 aliphatic carbocycles. The lowest BCUT2D eigenvalue weighted by Gasteiger charge is -2.40. The van der Waals surface area contributed by atoms with Gasteiger partial charge in [0.2, 0.25) is 5.91 Å². The fourth-order valence-electron chi connectivity index (χ4n) is 3.09. The molecule has 0 saturated carbocycles. The number of pyridine rings is 1. The Morgan fingerprint density at radius 1 is 1.23 bits per heavy atom. The van der Waals surface area contributed by atoms with E-state index in [-0.39, 0.29) is 11.3 Å². The van der Waals surface area contributed by atoms with E-state index in [1.54, 1.807) is 0 Å². The van der Waals surface area contributed by atoms with Gasteiger partial charge in [0, 0.05) is 45.5 Å². The van der Waals surface area contributed by atoms with E-state index in [0.29, 0.717) is 6.54 Å². The topological polar surface area (TPSA) is 62.5 Å². The molecule has 122 valence electrons. The maximum absolute atomic E-state index is 12.8. The Labute approximate surface area is 133 Å². The normalized spacial score (nSPS) is 16.8. The van der Waals surface area contributed by atoms with Crippen LogP contribution < -0.4 is 5.73 Å². The molecule has 1 aromatic heterocycles. The van der Waals surface area contributed by atoms with E-state index in [4.69, 9.17) is 5.73 Å². The summed E-state index contributed by atoms with van der Waals surface area (Å²) >= 11 is 0. The lowest BCUT2D eigenvalue weighted by molar-refractivity contribution is -0.144. The Bertz CT molecular complexity index is 457. The predicted molar refractivity (Wildman–Crippen MR) is 88.2 cm³/mol. The Balaban J connectivity index is 1.90. The highest BCUT2D eigenvalue weighted by molar-refractivity contribution is 5.83. The zero-order valence-corrected chi connectivity index (χ0v) is 13.8. The van der Waals surface area contributed by atoms with Gasteiger partial charge in [0.25, 0.3) is 0 Å². The number of carbonyl (C=O) groups is 1. The van der Waals surface area contributed by atoms with Crippen molar-refractivity contribution in [1.29, 1.82) is 0 Å². The summed E-state index contributed by atoms with van der Waals surface area (Å²) < 4.78 is 0. The van der Waals surface area contributed by atoms with Crippen LogP contribution >= 0.6 is 0 Å². The Morgan fingerprint density at radius 2 is 1.91 bits per heavy atom. The van der Waals surface area contributed by atoms with Crippen LogP contribution in [0.1, 0.15) is 32.4 Å². The third-order valence-corrected chi connectivity index (χ3v) is 4.97. The van der Waals surface area contributed by atoms with Gasteiger partial charge < -0.3 is 10.6 Å². The van der Waals surface area contributed by atoms with Crippen molar-refractivity contribution in [3.05, 3.63) is 30.1 Å². The summed E-state index contributed by atoms with van der Waals surface area (Å²) in [6.45, 7) is 8.78. The summed E-state index contributed by atoms with van der Waals surface area (Å²) in [7, 11) is 0. The minimum atomic E-state index is -0.372. The number of nitrogens with zero attached hydrogens (tertiary/aromatic N) is 3. The number of hydrogen-bond donors (Lipinski definition) is 1. The van der Waals surface area contributed by atoms with Crippen molar-refractivity contribution in [3.63, 3.8) is 0 Å². The van der Waals surface area contributed by atoms with Crippen LogP contribution in [0.4, 0.5) is 0 Å². The summed E-state index contributed by atoms with van der Waals surface area (Å²) in [6.07, 6.45) is 3.45. The molecule has 0 bridgehead atoms. The van der Waals surface area contributed by atoms with Crippen LogP contribution in [0.15, 0.2) is 24.4 Å². The van der Waals surface area contributed by atoms with E-state index in [9.17, 15) is 4.79 Å². The van der Waals surface area contributed by atoms with Crippen molar-refractivity contribution in [2.75, 3.05) is 32.7 Å². The van der Waals surface area contributed by atoms with E-state index >= 15 is 0 Å². The fourth-order valence-corrected chi connectivity index (χ4v) is 3.09. The third-order valence-electron chi connectivity index (χ3n) is 4.97. The van der Waals surface area contributed by atoms with Crippen LogP contribution in [0.25, 0.3) is 0 Å². The van der Waals surface area contributed by atoms with Crippen molar-refractivity contribution in [1.82, 2.24) is 14.8 Å². The molecule has 1 aromatic rings. The highest BCUT2D eigenvalue weighted by Crippen LogP contribution is 2.28. The number of aromatic nitrogens is 1. The van der Waals surface area contributed by atoms with E-state index in [2.05, 4.69) is 23.7 Å². The molecular weight excluding hydrogens is 276 g/mol. The molecule has 0 aromatic carbocycles. The van der Waals surface area contributed by atoms with Gasteiger partial charge in [-0.15, -0.1) is 0 Å². The smallest absolute Gasteiger partial charge is 0.230 e. The summed E-state index contributed by atoms with van der Waals surface area (Å²) in [5.74, 6) is 0.234. The first kappa shape index (κ1) is 16.9. The van der Waals surface area contributed by atoms with Crippen molar-refractivity contribution in [2.24, 2.45) is 11.1 Å². The Hall–Kier alpha value is -1.46. The SMILES string of the molecule is CCC(CC)(CN)C(=O)N1CCN(Cc2ccccn2)CC1. The molecule has 1 aliphatic heterocycles. The van der Waals surface area contributed by atoms with E-state index in [1.807, 2.05) is 29.3 Å². The molecule has 2 rings (SSSR count). The molecule has 1 fully saturated rings. The second-order valence-corrected chi connectivity index (χ2v) is 6.08. The molecule has 0 unspecified atom stereocenters. The van der Waals surface area contributed by atoms with Crippen LogP contribution in [-0.2, 0) is 11.3 Å². The number of carbonyl (C=O) groups excluding carboxylic acids is 1. The second kappa shape index (κ2) is 7.70. The van der Waals surface area contributed by atoms with Crippen molar-refractivity contribution in [2.45, 2.75) is 33.2 Å². The first-order chi connectivity index (χ1) is 10.6. The molecule has 2 N–H and O–H groups in total. The fraction of sp³-hybridized carbons (Fsp3) is 0.647. The van der Waals surface area contributed by atoms with Gasteiger partial charge in [-0.1, -0.05) is 19.9 Å². The van der Waals surface area contributed by atoms with Crippen LogP contribution in [0.5, 0.6) is 0 Å². The summed E-state index contributed by atoms with van der Waals surface area (Å²) in [5, 5.41) is 0. The van der Waals surface area contributed by atoms with Crippen LogP contribution in [0.3, 0.4) is 0 Å². The molecule has 22 heavy (non-hydrogen) atoms. The quantitative estimate of drug-likeness (QED) is 0.865. The summed E-state index contributed by atoms with van der Waals surface area (Å²) in [6, 6.07) is 5.99. The molecule has 5 heteroatoms. The van der Waals surface area contributed by atoms with E-state index in [0.717, 1.165) is 51.3 Å². The van der Waals surface area contributed by atoms with E-state index < -0.39 is 0 Å². The lowest BCUT2D eigenvalue weighted by atomic mass is 9.81. The number of amides is 1. The average Bonchev–Trinajstić information content (AvgIpc) is 2.58. The number of hydrogen-bond acceptors (Lipinski definition) is 4. The zero-order chi connectivity index (χ0) is 16.0. The van der Waals surface area contributed by atoms with Crippen LogP contribution in [0.2, 0.25) is 0 Å². The van der Waals surface area contributed by atoms with E-state index in [1.165, 1.54) is 0 Å². The highest BCUT2D eigenvalue weighted by atomic mass is 16.2. The number of piperazine rings is 1. The molecule has 0 radical (unpaired) electrons. The molecule has 1 saturated heterocycles. The van der Waals surface area contributed by atoms with Crippen LogP contribution in [-0.4, -0.2) is 53.4 Å². The molecule has 2 heterocycles. The van der Waals surface area contributed by atoms with Crippen LogP contribution in [0, 0.1) is 5.41 Å². The van der Waals surface area contributed by atoms with Gasteiger partial charge in [-0.05, 0) is 25.0 Å². The average molecular weight is 304 g/mol. The largest absolute Gasteiger partial charge is 0.340 e. The summed E-state index contributed by atoms with van der Waals surface area (Å²) in [5.41, 5.74) is 6.61. The van der Waals surface area contributed by atoms with Gasteiger partial charge in [-0.2, -0.15) is 0 Å². The number of nitrogens with two attached hydrogens (primary N) is 1. The van der Waals surface area contributed by atoms with Gasteiger partial charge in [0.05, 0.1) is 11.1 Å².